The van der Waals surface area contributed by atoms with Crippen LogP contribution in [0, 0.1) is 35.5 Å². The van der Waals surface area contributed by atoms with Crippen LogP contribution < -0.4 is 9.47 Å². The first-order valence-corrected chi connectivity index (χ1v) is 13.3. The molecule has 0 bridgehead atoms. The Morgan fingerprint density at radius 2 is 1.47 bits per heavy atom. The molecule has 0 spiro atoms. The summed E-state index contributed by atoms with van der Waals surface area (Å²) in [7, 11) is 0. The molecule has 1 aromatic rings. The summed E-state index contributed by atoms with van der Waals surface area (Å²) >= 11 is 0. The van der Waals surface area contributed by atoms with Gasteiger partial charge >= 0.3 is 0 Å². The molecule has 1 aromatic carbocycles. The molecule has 0 amide bonds. The van der Waals surface area contributed by atoms with E-state index in [1.165, 1.54) is 70.6 Å². The standard InChI is InChI=1S/C30H44O2/c1-3-5-8-23-31-29-19-21-30(22-20-29)32-24-28-17-15-27(16-18-28)10-7-6-9-26-13-11-25(4-2)12-14-26/h6,9,19-22,25-28H,3-5,8,11-18,23-24H2,1-2H3/b9-6+/t25-,26-,27-,28-. The number of hydrogen-bond acceptors (Lipinski definition) is 2. The fraction of sp³-hybridized carbons (Fsp3) is 0.667. The van der Waals surface area contributed by atoms with Crippen molar-refractivity contribution in [2.75, 3.05) is 13.2 Å². The molecule has 2 fully saturated rings. The smallest absolute Gasteiger partial charge is 0.119 e. The molecule has 0 radical (unpaired) electrons. The molecule has 32 heavy (non-hydrogen) atoms. The minimum atomic E-state index is 0.566. The second-order valence-corrected chi connectivity index (χ2v) is 9.89. The lowest BCUT2D eigenvalue weighted by molar-refractivity contribution is 0.196. The van der Waals surface area contributed by atoms with Gasteiger partial charge in [-0.25, -0.2) is 0 Å². The van der Waals surface area contributed by atoms with E-state index in [0.717, 1.165) is 43.0 Å². The first kappa shape index (κ1) is 24.8. The van der Waals surface area contributed by atoms with Crippen LogP contribution in [-0.4, -0.2) is 13.2 Å². The summed E-state index contributed by atoms with van der Waals surface area (Å²) in [6.45, 7) is 6.16. The van der Waals surface area contributed by atoms with E-state index in [2.05, 4.69) is 37.8 Å². The predicted octanol–water partition coefficient (Wildman–Crippen LogP) is 8.22. The Bertz CT molecular complexity index is 707. The highest BCUT2D eigenvalue weighted by Crippen LogP contribution is 2.31. The van der Waals surface area contributed by atoms with Gasteiger partial charge in [0.2, 0.25) is 0 Å². The summed E-state index contributed by atoms with van der Waals surface area (Å²) in [6.07, 6.45) is 19.8. The summed E-state index contributed by atoms with van der Waals surface area (Å²) in [5.41, 5.74) is 0. The van der Waals surface area contributed by atoms with E-state index in [9.17, 15) is 0 Å². The van der Waals surface area contributed by atoms with Crippen molar-refractivity contribution in [3.05, 3.63) is 36.4 Å². The maximum Gasteiger partial charge on any atom is 0.119 e. The van der Waals surface area contributed by atoms with Crippen LogP contribution in [0.25, 0.3) is 0 Å². The van der Waals surface area contributed by atoms with Crippen LogP contribution >= 0.6 is 0 Å². The molecule has 0 aliphatic heterocycles. The second kappa shape index (κ2) is 14.3. The van der Waals surface area contributed by atoms with E-state index >= 15 is 0 Å². The zero-order chi connectivity index (χ0) is 22.4. The Kier molecular flexibility index (Phi) is 11.1. The highest BCUT2D eigenvalue weighted by Gasteiger charge is 2.20. The monoisotopic (exact) mass is 436 g/mol. The first-order chi connectivity index (χ1) is 15.8. The van der Waals surface area contributed by atoms with E-state index in [1.54, 1.807) is 0 Å². The summed E-state index contributed by atoms with van der Waals surface area (Å²) in [5, 5.41) is 0. The lowest BCUT2D eigenvalue weighted by Gasteiger charge is -2.25. The molecule has 0 unspecified atom stereocenters. The molecule has 0 N–H and O–H groups in total. The van der Waals surface area contributed by atoms with Gasteiger partial charge in [-0.1, -0.05) is 51.0 Å². The Morgan fingerprint density at radius 3 is 2.12 bits per heavy atom. The van der Waals surface area contributed by atoms with Crippen molar-refractivity contribution in [2.45, 2.75) is 90.9 Å². The van der Waals surface area contributed by atoms with Crippen molar-refractivity contribution in [1.29, 1.82) is 0 Å². The molecule has 0 heterocycles. The van der Waals surface area contributed by atoms with E-state index in [0.29, 0.717) is 11.8 Å². The van der Waals surface area contributed by atoms with E-state index in [-0.39, 0.29) is 0 Å². The molecular weight excluding hydrogens is 392 g/mol. The van der Waals surface area contributed by atoms with Crippen LogP contribution in [0.3, 0.4) is 0 Å². The van der Waals surface area contributed by atoms with Gasteiger partial charge in [-0.05, 0) is 106 Å². The third-order valence-electron chi connectivity index (χ3n) is 7.38. The van der Waals surface area contributed by atoms with E-state index in [1.807, 2.05) is 24.3 Å². The zero-order valence-corrected chi connectivity index (χ0v) is 20.5. The quantitative estimate of drug-likeness (QED) is 0.272. The number of unbranched alkanes of at least 4 members (excludes halogenated alkanes) is 2. The summed E-state index contributed by atoms with van der Waals surface area (Å²) < 4.78 is 11.8. The summed E-state index contributed by atoms with van der Waals surface area (Å²) in [5.74, 6) is 11.7. The van der Waals surface area contributed by atoms with E-state index < -0.39 is 0 Å². The number of rotatable bonds is 10. The van der Waals surface area contributed by atoms with E-state index in [4.69, 9.17) is 9.47 Å². The van der Waals surface area contributed by atoms with Crippen LogP contribution in [-0.2, 0) is 0 Å². The largest absolute Gasteiger partial charge is 0.494 e. The van der Waals surface area contributed by atoms with Crippen LogP contribution in [0.2, 0.25) is 0 Å². The van der Waals surface area contributed by atoms with Gasteiger partial charge in [0.1, 0.15) is 11.5 Å². The average molecular weight is 437 g/mol. The Hall–Kier alpha value is -1.88. The summed E-state index contributed by atoms with van der Waals surface area (Å²) in [4.78, 5) is 0. The second-order valence-electron chi connectivity index (χ2n) is 9.89. The molecule has 0 saturated heterocycles. The van der Waals surface area contributed by atoms with Crippen molar-refractivity contribution in [2.24, 2.45) is 23.7 Å². The number of allylic oxidation sites excluding steroid dienone is 2. The van der Waals surface area contributed by atoms with Gasteiger partial charge < -0.3 is 9.47 Å². The molecule has 2 aliphatic rings. The SMILES string of the molecule is CCCCCOc1ccc(OC[C@H]2CC[C@H](C#C/C=C/[C@H]3CC[C@H](CC)CC3)CC2)cc1. The van der Waals surface area contributed by atoms with Gasteiger partial charge in [0.25, 0.3) is 0 Å². The van der Waals surface area contributed by atoms with Crippen LogP contribution in [0.5, 0.6) is 11.5 Å². The predicted molar refractivity (Wildman–Crippen MR) is 135 cm³/mol. The third-order valence-corrected chi connectivity index (χ3v) is 7.38. The summed E-state index contributed by atoms with van der Waals surface area (Å²) in [6, 6.07) is 8.12. The fourth-order valence-corrected chi connectivity index (χ4v) is 5.00. The topological polar surface area (TPSA) is 18.5 Å². The van der Waals surface area contributed by atoms with Crippen molar-refractivity contribution in [3.63, 3.8) is 0 Å². The minimum Gasteiger partial charge on any atom is -0.494 e. The third kappa shape index (κ3) is 8.93. The molecule has 2 heteroatoms. The minimum absolute atomic E-state index is 0.566. The lowest BCUT2D eigenvalue weighted by Crippen LogP contribution is -2.19. The van der Waals surface area contributed by atoms with Crippen molar-refractivity contribution >= 4 is 0 Å². The number of benzene rings is 1. The maximum atomic E-state index is 6.06. The average Bonchev–Trinajstić information content (AvgIpc) is 2.85. The normalized spacial score (nSPS) is 25.8. The highest BCUT2D eigenvalue weighted by atomic mass is 16.5. The molecule has 2 nitrogen and oxygen atoms in total. The molecule has 2 aliphatic carbocycles. The molecule has 0 aromatic heterocycles. The van der Waals surface area contributed by atoms with Crippen molar-refractivity contribution < 1.29 is 9.47 Å². The Morgan fingerprint density at radius 1 is 0.812 bits per heavy atom. The molecule has 2 saturated carbocycles. The number of ether oxygens (including phenoxy) is 2. The molecule has 176 valence electrons. The van der Waals surface area contributed by atoms with Crippen molar-refractivity contribution in [3.8, 4) is 23.3 Å². The van der Waals surface area contributed by atoms with Gasteiger partial charge in [0.15, 0.2) is 0 Å². The Balaban J connectivity index is 1.29. The number of hydrogen-bond donors (Lipinski definition) is 0. The molecular formula is C30H44O2. The van der Waals surface area contributed by atoms with Gasteiger partial charge in [-0.15, -0.1) is 0 Å². The van der Waals surface area contributed by atoms with Crippen LogP contribution in [0.4, 0.5) is 0 Å². The first-order valence-electron chi connectivity index (χ1n) is 13.3. The van der Waals surface area contributed by atoms with Gasteiger partial charge in [0, 0.05) is 5.92 Å². The molecule has 3 rings (SSSR count). The van der Waals surface area contributed by atoms with Gasteiger partial charge in [0.05, 0.1) is 13.2 Å². The van der Waals surface area contributed by atoms with Crippen LogP contribution in [0.15, 0.2) is 36.4 Å². The van der Waals surface area contributed by atoms with Gasteiger partial charge in [-0.2, -0.15) is 0 Å². The lowest BCUT2D eigenvalue weighted by atomic mass is 9.81. The zero-order valence-electron chi connectivity index (χ0n) is 20.5. The highest BCUT2D eigenvalue weighted by molar-refractivity contribution is 5.31. The van der Waals surface area contributed by atoms with Crippen LogP contribution in [0.1, 0.15) is 90.9 Å². The fourth-order valence-electron chi connectivity index (χ4n) is 5.00. The Labute approximate surface area is 197 Å². The van der Waals surface area contributed by atoms with Gasteiger partial charge in [-0.3, -0.25) is 0 Å². The maximum absolute atomic E-state index is 6.06. The van der Waals surface area contributed by atoms with Crippen molar-refractivity contribution in [1.82, 2.24) is 0 Å². The molecule has 0 atom stereocenters.